The van der Waals surface area contributed by atoms with Gasteiger partial charge in [0.25, 0.3) is 0 Å². The van der Waals surface area contributed by atoms with Crippen LogP contribution in [0, 0.1) is 0 Å². The molecule has 0 rings (SSSR count). The molecule has 0 amide bonds. The summed E-state index contributed by atoms with van der Waals surface area (Å²) < 4.78 is 4.94. The molecule has 0 saturated heterocycles. The van der Waals surface area contributed by atoms with Crippen LogP contribution in [0.3, 0.4) is 0 Å². The summed E-state index contributed by atoms with van der Waals surface area (Å²) in [5.41, 5.74) is 1.98. The van der Waals surface area contributed by atoms with E-state index in [4.69, 9.17) is 4.74 Å². The van der Waals surface area contributed by atoms with E-state index in [-0.39, 0.29) is 12.1 Å². The summed E-state index contributed by atoms with van der Waals surface area (Å²) in [6, 6.07) is 0. The van der Waals surface area contributed by atoms with Gasteiger partial charge in [0.1, 0.15) is 0 Å². The van der Waals surface area contributed by atoms with Crippen molar-refractivity contribution >= 4 is 14.0 Å². The van der Waals surface area contributed by atoms with Crippen LogP contribution in [0.1, 0.15) is 13.8 Å². The predicted molar refractivity (Wildman–Crippen MR) is 53.7 cm³/mol. The summed E-state index contributed by atoms with van der Waals surface area (Å²) in [5, 5.41) is 0. The van der Waals surface area contributed by atoms with Gasteiger partial charge in [-0.15, -0.1) is 0 Å². The predicted octanol–water partition coefficient (Wildman–Crippen LogP) is 2.37. The van der Waals surface area contributed by atoms with E-state index < -0.39 is 8.07 Å². The van der Waals surface area contributed by atoms with E-state index in [0.717, 1.165) is 0 Å². The van der Waals surface area contributed by atoms with Crippen molar-refractivity contribution < 1.29 is 9.53 Å². The summed E-state index contributed by atoms with van der Waals surface area (Å²) in [6.07, 6.45) is 1.52. The number of carbonyl (C=O) groups is 1. The summed E-state index contributed by atoms with van der Waals surface area (Å²) in [4.78, 5) is 11.0. The first-order valence-electron chi connectivity index (χ1n) is 4.21. The van der Waals surface area contributed by atoms with Gasteiger partial charge in [-0.2, -0.15) is 0 Å². The Kier molecular flexibility index (Phi) is 4.24. The lowest BCUT2D eigenvalue weighted by Gasteiger charge is -2.09. The minimum absolute atomic E-state index is 0.0243. The Hall–Kier alpha value is -0.573. The Balaban J connectivity index is 3.93. The van der Waals surface area contributed by atoms with Gasteiger partial charge in [0.15, 0.2) is 0 Å². The van der Waals surface area contributed by atoms with E-state index in [1.54, 1.807) is 6.08 Å². The van der Waals surface area contributed by atoms with E-state index in [1.807, 2.05) is 19.5 Å². The molecule has 0 radical (unpaired) electrons. The highest BCUT2D eigenvalue weighted by atomic mass is 28.3. The van der Waals surface area contributed by atoms with Crippen LogP contribution in [0.25, 0.3) is 0 Å². The van der Waals surface area contributed by atoms with Crippen LogP contribution < -0.4 is 0 Å². The highest BCUT2D eigenvalue weighted by Crippen LogP contribution is 2.02. The molecule has 0 aliphatic rings. The Morgan fingerprint density at radius 3 is 2.17 bits per heavy atom. The average Bonchev–Trinajstić information content (AvgIpc) is 1.80. The molecular weight excluding hydrogens is 168 g/mol. The minimum Gasteiger partial charge on any atom is -0.460 e. The normalized spacial score (nSPS) is 12.5. The molecule has 0 heterocycles. The van der Waals surface area contributed by atoms with Gasteiger partial charge in [-0.05, 0) is 13.8 Å². The third-order valence-corrected chi connectivity index (χ3v) is 2.24. The van der Waals surface area contributed by atoms with Gasteiger partial charge in [-0.25, -0.2) is 4.79 Å². The molecule has 0 atom stereocenters. The third-order valence-electron chi connectivity index (χ3n) is 1.07. The topological polar surface area (TPSA) is 26.3 Å². The first kappa shape index (κ1) is 11.4. The van der Waals surface area contributed by atoms with Crippen LogP contribution in [-0.4, -0.2) is 20.1 Å². The van der Waals surface area contributed by atoms with Crippen molar-refractivity contribution in [3.63, 3.8) is 0 Å². The molecule has 0 aromatic carbocycles. The van der Waals surface area contributed by atoms with Crippen LogP contribution in [0.5, 0.6) is 0 Å². The van der Waals surface area contributed by atoms with Gasteiger partial charge >= 0.3 is 5.97 Å². The maximum absolute atomic E-state index is 11.0. The van der Waals surface area contributed by atoms with Gasteiger partial charge in [0, 0.05) is 6.08 Å². The van der Waals surface area contributed by atoms with Gasteiger partial charge in [-0.1, -0.05) is 25.3 Å². The second-order valence-corrected chi connectivity index (χ2v) is 9.25. The maximum Gasteiger partial charge on any atom is 0.330 e. The van der Waals surface area contributed by atoms with Gasteiger partial charge in [-0.3, -0.25) is 0 Å². The molecule has 0 aromatic heterocycles. The summed E-state index contributed by atoms with van der Waals surface area (Å²) in [7, 11) is -1.25. The number of ether oxygens (including phenoxy) is 1. The highest BCUT2D eigenvalue weighted by molar-refractivity contribution is 6.81. The first-order chi connectivity index (χ1) is 5.31. The molecule has 0 saturated carbocycles. The largest absolute Gasteiger partial charge is 0.460 e. The lowest BCUT2D eigenvalue weighted by atomic mass is 10.5. The zero-order valence-corrected chi connectivity index (χ0v) is 9.55. The van der Waals surface area contributed by atoms with Crippen LogP contribution in [-0.2, 0) is 9.53 Å². The van der Waals surface area contributed by atoms with E-state index in [0.29, 0.717) is 0 Å². The van der Waals surface area contributed by atoms with Gasteiger partial charge in [0.2, 0.25) is 0 Å². The number of hydrogen-bond donors (Lipinski definition) is 0. The Bertz CT molecular complexity index is 177. The minimum atomic E-state index is -1.25. The van der Waals surface area contributed by atoms with Crippen molar-refractivity contribution in [1.29, 1.82) is 0 Å². The lowest BCUT2D eigenvalue weighted by Crippen LogP contribution is -2.17. The molecule has 0 unspecified atom stereocenters. The number of carbonyl (C=O) groups excluding carboxylic acids is 1. The van der Waals surface area contributed by atoms with Crippen molar-refractivity contribution in [2.45, 2.75) is 39.6 Å². The van der Waals surface area contributed by atoms with Gasteiger partial charge in [0.05, 0.1) is 14.2 Å². The molecule has 0 N–H and O–H groups in total. The van der Waals surface area contributed by atoms with E-state index in [1.165, 1.54) is 0 Å². The molecule has 0 aromatic rings. The van der Waals surface area contributed by atoms with E-state index in [9.17, 15) is 4.79 Å². The van der Waals surface area contributed by atoms with Crippen molar-refractivity contribution in [2.75, 3.05) is 0 Å². The highest BCUT2D eigenvalue weighted by Gasteiger charge is 2.08. The molecular formula is C9H18O2Si. The quantitative estimate of drug-likeness (QED) is 0.384. The number of esters is 1. The fourth-order valence-electron chi connectivity index (χ4n) is 0.590. The molecule has 0 aliphatic carbocycles. The number of hydrogen-bond acceptors (Lipinski definition) is 2. The second kappa shape index (κ2) is 4.45. The van der Waals surface area contributed by atoms with Crippen molar-refractivity contribution in [2.24, 2.45) is 0 Å². The van der Waals surface area contributed by atoms with Crippen LogP contribution >= 0.6 is 0 Å². The zero-order chi connectivity index (χ0) is 9.78. The fourth-order valence-corrected chi connectivity index (χ4v) is 1.23. The Morgan fingerprint density at radius 1 is 1.33 bits per heavy atom. The molecule has 0 fully saturated rings. The Morgan fingerprint density at radius 2 is 1.83 bits per heavy atom. The smallest absolute Gasteiger partial charge is 0.330 e. The zero-order valence-electron chi connectivity index (χ0n) is 8.55. The van der Waals surface area contributed by atoms with Crippen molar-refractivity contribution in [3.05, 3.63) is 11.8 Å². The van der Waals surface area contributed by atoms with Crippen LogP contribution in [0.15, 0.2) is 11.8 Å². The Labute approximate surface area is 75.6 Å². The van der Waals surface area contributed by atoms with Crippen LogP contribution in [0.4, 0.5) is 0 Å². The van der Waals surface area contributed by atoms with E-state index in [2.05, 4.69) is 19.6 Å². The van der Waals surface area contributed by atoms with E-state index >= 15 is 0 Å². The summed E-state index contributed by atoms with van der Waals surface area (Å²) >= 11 is 0. The molecule has 0 aliphatic heterocycles. The van der Waals surface area contributed by atoms with Crippen molar-refractivity contribution in [1.82, 2.24) is 0 Å². The summed E-state index contributed by atoms with van der Waals surface area (Å²) in [5.74, 6) is -0.229. The molecule has 2 nitrogen and oxygen atoms in total. The van der Waals surface area contributed by atoms with Crippen LogP contribution in [0.2, 0.25) is 19.6 Å². The third kappa shape index (κ3) is 7.53. The van der Waals surface area contributed by atoms with Gasteiger partial charge < -0.3 is 4.74 Å². The lowest BCUT2D eigenvalue weighted by molar-refractivity contribution is -0.141. The maximum atomic E-state index is 11.0. The SMILES string of the molecule is CC(C)OC(=O)/C=C/[Si](C)(C)C. The average molecular weight is 186 g/mol. The fraction of sp³-hybridized carbons (Fsp3) is 0.667. The molecule has 0 bridgehead atoms. The molecule has 12 heavy (non-hydrogen) atoms. The molecule has 70 valence electrons. The summed E-state index contributed by atoms with van der Waals surface area (Å²) in [6.45, 7) is 10.2. The standard InChI is InChI=1S/C9H18O2Si/c1-8(2)11-9(10)6-7-12(3,4)5/h6-8H,1-5H3/b7-6+. The number of rotatable bonds is 3. The monoisotopic (exact) mass is 186 g/mol. The van der Waals surface area contributed by atoms with Crippen molar-refractivity contribution in [3.8, 4) is 0 Å². The molecule has 3 heteroatoms. The molecule has 0 spiro atoms. The first-order valence-corrected chi connectivity index (χ1v) is 7.79. The second-order valence-electron chi connectivity index (χ2n) is 4.19.